The predicted molar refractivity (Wildman–Crippen MR) is 157 cm³/mol. The lowest BCUT2D eigenvalue weighted by molar-refractivity contribution is -0.384. The van der Waals surface area contributed by atoms with Crippen LogP contribution in [0.4, 0.5) is 5.69 Å². The molecular weight excluding hydrogens is 546 g/mol. The van der Waals surface area contributed by atoms with Crippen LogP contribution in [0.3, 0.4) is 0 Å². The van der Waals surface area contributed by atoms with Gasteiger partial charge in [0.15, 0.2) is 0 Å². The summed E-state index contributed by atoms with van der Waals surface area (Å²) in [4.78, 5) is 38.8. The van der Waals surface area contributed by atoms with Gasteiger partial charge in [-0.25, -0.2) is 0 Å². The van der Waals surface area contributed by atoms with Crippen molar-refractivity contribution in [2.75, 3.05) is 26.2 Å². The first kappa shape index (κ1) is 30.2. The smallest absolute Gasteiger partial charge is 0.269 e. The first-order valence-corrected chi connectivity index (χ1v) is 14.2. The van der Waals surface area contributed by atoms with Gasteiger partial charge in [0.2, 0.25) is 12.8 Å². The van der Waals surface area contributed by atoms with Gasteiger partial charge >= 0.3 is 0 Å². The topological polar surface area (TPSA) is 128 Å². The van der Waals surface area contributed by atoms with Gasteiger partial charge < -0.3 is 25.5 Å². The van der Waals surface area contributed by atoms with Crippen LogP contribution in [0.25, 0.3) is 0 Å². The predicted octanol–water partition coefficient (Wildman–Crippen LogP) is 4.37. The van der Waals surface area contributed by atoms with Crippen molar-refractivity contribution in [1.29, 1.82) is 0 Å². The number of piperidine rings is 1. The summed E-state index contributed by atoms with van der Waals surface area (Å²) in [5.41, 5.74) is 3.57. The maximum Gasteiger partial charge on any atom is 0.269 e. The van der Waals surface area contributed by atoms with Crippen molar-refractivity contribution in [1.82, 2.24) is 20.4 Å². The van der Waals surface area contributed by atoms with E-state index in [0.717, 1.165) is 48.6 Å². The number of allylic oxidation sites excluding steroid dienone is 2. The van der Waals surface area contributed by atoms with Crippen LogP contribution >= 0.6 is 11.6 Å². The molecule has 1 saturated heterocycles. The number of aliphatic hydroxyl groups is 1. The minimum atomic E-state index is -0.880. The molecule has 0 aliphatic carbocycles. The van der Waals surface area contributed by atoms with Crippen molar-refractivity contribution in [2.45, 2.75) is 51.0 Å². The number of halogens is 1. The molecule has 10 nitrogen and oxygen atoms in total. The third kappa shape index (κ3) is 6.78. The number of nitro groups is 1. The summed E-state index contributed by atoms with van der Waals surface area (Å²) >= 11 is 6.01. The fourth-order valence-electron chi connectivity index (χ4n) is 5.75. The number of non-ortho nitro benzene ring substituents is 1. The molecule has 2 aliphatic heterocycles. The first-order chi connectivity index (χ1) is 19.7. The van der Waals surface area contributed by atoms with Gasteiger partial charge in [0.1, 0.15) is 0 Å². The van der Waals surface area contributed by atoms with Crippen LogP contribution in [0.5, 0.6) is 0 Å². The van der Waals surface area contributed by atoms with Crippen molar-refractivity contribution >= 4 is 30.1 Å². The van der Waals surface area contributed by atoms with Gasteiger partial charge in [-0.1, -0.05) is 42.8 Å². The molecular formula is C30H36ClN5O5. The third-order valence-electron chi connectivity index (χ3n) is 7.99. The molecule has 0 aromatic heterocycles. The van der Waals surface area contributed by atoms with E-state index in [0.29, 0.717) is 55.1 Å². The van der Waals surface area contributed by atoms with Crippen LogP contribution in [0.15, 0.2) is 71.3 Å². The standard InChI is InChI=1S/C30H36ClN5O5/c1-3-26-29(27(28(32-19-37)21(2)33-26)22-5-11-25(12-6-22)36(40)41)35(20-38)16-4-15-34-17-13-30(39,14-18-34)23-7-9-24(31)10-8-23/h5-12,19-20,27,33,39H,3-4,13-18H2,1-2H3,(H,32,37). The first-order valence-electron chi connectivity index (χ1n) is 13.8. The molecule has 1 fully saturated rings. The molecule has 0 saturated carbocycles. The highest BCUT2D eigenvalue weighted by Crippen LogP contribution is 2.39. The lowest BCUT2D eigenvalue weighted by atomic mass is 9.84. The minimum Gasteiger partial charge on any atom is -0.385 e. The number of nitro benzene ring substituents is 1. The minimum absolute atomic E-state index is 0.0359. The Morgan fingerprint density at radius 3 is 2.39 bits per heavy atom. The second-order valence-corrected chi connectivity index (χ2v) is 10.9. The molecule has 1 unspecified atom stereocenters. The van der Waals surface area contributed by atoms with Crippen LogP contribution < -0.4 is 10.6 Å². The summed E-state index contributed by atoms with van der Waals surface area (Å²) in [5, 5.41) is 29.2. The summed E-state index contributed by atoms with van der Waals surface area (Å²) in [6, 6.07) is 13.5. The lowest BCUT2D eigenvalue weighted by Crippen LogP contribution is -2.43. The fourth-order valence-corrected chi connectivity index (χ4v) is 5.88. The molecule has 2 aromatic carbocycles. The maximum absolute atomic E-state index is 12.5. The average Bonchev–Trinajstić information content (AvgIpc) is 2.97. The van der Waals surface area contributed by atoms with Gasteiger partial charge in [-0.2, -0.15) is 0 Å². The molecule has 2 heterocycles. The zero-order chi connectivity index (χ0) is 29.6. The molecule has 2 amide bonds. The van der Waals surface area contributed by atoms with Crippen molar-refractivity contribution in [3.05, 3.63) is 97.6 Å². The van der Waals surface area contributed by atoms with Crippen LogP contribution in [-0.4, -0.2) is 58.8 Å². The van der Waals surface area contributed by atoms with Crippen LogP contribution in [0.2, 0.25) is 5.02 Å². The number of benzene rings is 2. The number of carbonyl (C=O) groups is 2. The molecule has 11 heteroatoms. The lowest BCUT2D eigenvalue weighted by Gasteiger charge is -2.39. The molecule has 0 radical (unpaired) electrons. The number of dihydropyridines is 1. The summed E-state index contributed by atoms with van der Waals surface area (Å²) in [5.74, 6) is -0.494. The molecule has 0 bridgehead atoms. The summed E-state index contributed by atoms with van der Waals surface area (Å²) in [6.07, 6.45) is 3.93. The number of nitrogens with zero attached hydrogens (tertiary/aromatic N) is 3. The fraction of sp³-hybridized carbons (Fsp3) is 0.400. The third-order valence-corrected chi connectivity index (χ3v) is 8.25. The Hall–Kier alpha value is -3.73. The highest BCUT2D eigenvalue weighted by atomic mass is 35.5. The number of amides is 2. The van der Waals surface area contributed by atoms with E-state index in [1.165, 1.54) is 12.1 Å². The summed E-state index contributed by atoms with van der Waals surface area (Å²) in [6.45, 7) is 6.48. The maximum atomic E-state index is 12.5. The number of hydrogen-bond acceptors (Lipinski definition) is 7. The largest absolute Gasteiger partial charge is 0.385 e. The van der Waals surface area contributed by atoms with E-state index >= 15 is 0 Å². The monoisotopic (exact) mass is 581 g/mol. The average molecular weight is 582 g/mol. The Labute approximate surface area is 244 Å². The second kappa shape index (κ2) is 13.3. The van der Waals surface area contributed by atoms with E-state index < -0.39 is 16.4 Å². The Morgan fingerprint density at radius 2 is 1.83 bits per heavy atom. The molecule has 2 aliphatic rings. The van der Waals surface area contributed by atoms with Crippen LogP contribution in [-0.2, 0) is 15.2 Å². The van der Waals surface area contributed by atoms with Crippen LogP contribution in [0.1, 0.15) is 56.6 Å². The zero-order valence-corrected chi connectivity index (χ0v) is 24.1. The van der Waals surface area contributed by atoms with E-state index in [-0.39, 0.29) is 5.69 Å². The molecule has 41 heavy (non-hydrogen) atoms. The van der Waals surface area contributed by atoms with Gasteiger partial charge in [0.25, 0.3) is 5.69 Å². The molecule has 218 valence electrons. The molecule has 4 rings (SSSR count). The Balaban J connectivity index is 1.48. The molecule has 0 spiro atoms. The number of rotatable bonds is 12. The quantitative estimate of drug-likeness (QED) is 0.193. The summed E-state index contributed by atoms with van der Waals surface area (Å²) < 4.78 is 0. The number of carbonyl (C=O) groups excluding carboxylic acids is 2. The van der Waals surface area contributed by atoms with Gasteiger partial charge in [0, 0.05) is 48.2 Å². The Bertz CT molecular complexity index is 1320. The van der Waals surface area contributed by atoms with Gasteiger partial charge in [0.05, 0.1) is 27.8 Å². The second-order valence-electron chi connectivity index (χ2n) is 10.5. The van der Waals surface area contributed by atoms with E-state index in [2.05, 4.69) is 15.5 Å². The highest BCUT2D eigenvalue weighted by molar-refractivity contribution is 6.30. The summed E-state index contributed by atoms with van der Waals surface area (Å²) in [7, 11) is 0. The van der Waals surface area contributed by atoms with Crippen molar-refractivity contribution in [3.8, 4) is 0 Å². The van der Waals surface area contributed by atoms with Crippen LogP contribution in [0, 0.1) is 10.1 Å². The number of hydrogen-bond donors (Lipinski definition) is 3. The normalized spacial score (nSPS) is 19.0. The number of likely N-dealkylation sites (tertiary alicyclic amines) is 1. The molecule has 3 N–H and O–H groups in total. The van der Waals surface area contributed by atoms with E-state index in [1.807, 2.05) is 26.0 Å². The highest BCUT2D eigenvalue weighted by Gasteiger charge is 2.35. The van der Waals surface area contributed by atoms with E-state index in [4.69, 9.17) is 11.6 Å². The molecule has 2 aromatic rings. The SMILES string of the molecule is CCC1=C(N(C=O)CCCN2CCC(O)(c3ccc(Cl)cc3)CC2)C(c2ccc([N+](=O)[O-])cc2)C(NC=O)=C(C)N1. The van der Waals surface area contributed by atoms with Crippen molar-refractivity contribution < 1.29 is 19.6 Å². The Kier molecular flexibility index (Phi) is 9.80. The zero-order valence-electron chi connectivity index (χ0n) is 23.3. The van der Waals surface area contributed by atoms with Gasteiger partial charge in [-0.3, -0.25) is 19.7 Å². The molecule has 1 atom stereocenters. The number of nitrogens with one attached hydrogen (secondary N) is 2. The Morgan fingerprint density at radius 1 is 1.17 bits per heavy atom. The van der Waals surface area contributed by atoms with Crippen molar-refractivity contribution in [3.63, 3.8) is 0 Å². The van der Waals surface area contributed by atoms with E-state index in [9.17, 15) is 24.8 Å². The van der Waals surface area contributed by atoms with Crippen molar-refractivity contribution in [2.24, 2.45) is 0 Å². The van der Waals surface area contributed by atoms with E-state index in [1.54, 1.807) is 29.2 Å². The van der Waals surface area contributed by atoms with Gasteiger partial charge in [-0.15, -0.1) is 0 Å². The van der Waals surface area contributed by atoms with Gasteiger partial charge in [-0.05, 0) is 62.4 Å².